The fourth-order valence-electron chi connectivity index (χ4n) is 3.56. The SMILES string of the molecule is Cc1cccc([C@@H](C)NC(=O)NCCN2CCC(N(C)C)CC2)c1C. The molecule has 0 unspecified atom stereocenters. The molecule has 1 saturated heterocycles. The first-order chi connectivity index (χ1) is 11.9. The number of aryl methyl sites for hydroxylation is 1. The van der Waals surface area contributed by atoms with E-state index in [4.69, 9.17) is 0 Å². The summed E-state index contributed by atoms with van der Waals surface area (Å²) in [5, 5.41) is 6.05. The zero-order valence-corrected chi connectivity index (χ0v) is 16.4. The van der Waals surface area contributed by atoms with E-state index in [9.17, 15) is 4.79 Å². The van der Waals surface area contributed by atoms with E-state index in [1.807, 2.05) is 13.0 Å². The Morgan fingerprint density at radius 2 is 1.96 bits per heavy atom. The quantitative estimate of drug-likeness (QED) is 0.833. The van der Waals surface area contributed by atoms with Crippen molar-refractivity contribution in [2.45, 2.75) is 45.7 Å². The average Bonchev–Trinajstić information content (AvgIpc) is 2.57. The number of likely N-dealkylation sites (tertiary alicyclic amines) is 1. The summed E-state index contributed by atoms with van der Waals surface area (Å²) in [6.07, 6.45) is 2.42. The molecule has 140 valence electrons. The van der Waals surface area contributed by atoms with Gasteiger partial charge in [0.1, 0.15) is 0 Å². The largest absolute Gasteiger partial charge is 0.337 e. The zero-order chi connectivity index (χ0) is 18.4. The summed E-state index contributed by atoms with van der Waals surface area (Å²) in [6, 6.07) is 6.86. The minimum atomic E-state index is -0.0865. The zero-order valence-electron chi connectivity index (χ0n) is 16.4. The first-order valence-electron chi connectivity index (χ1n) is 9.37. The Morgan fingerprint density at radius 1 is 1.28 bits per heavy atom. The van der Waals surface area contributed by atoms with E-state index in [-0.39, 0.29) is 12.1 Å². The highest BCUT2D eigenvalue weighted by atomic mass is 16.2. The number of carbonyl (C=O) groups is 1. The Balaban J connectivity index is 1.70. The van der Waals surface area contributed by atoms with Gasteiger partial charge in [-0.15, -0.1) is 0 Å². The monoisotopic (exact) mass is 346 g/mol. The molecule has 2 amide bonds. The molecule has 1 heterocycles. The second-order valence-corrected chi connectivity index (χ2v) is 7.45. The van der Waals surface area contributed by atoms with Gasteiger partial charge in [0, 0.05) is 19.1 Å². The molecule has 0 bridgehead atoms. The lowest BCUT2D eigenvalue weighted by Crippen LogP contribution is -2.46. The molecule has 25 heavy (non-hydrogen) atoms. The van der Waals surface area contributed by atoms with Gasteiger partial charge in [-0.25, -0.2) is 4.79 Å². The molecule has 1 aliphatic heterocycles. The lowest BCUT2D eigenvalue weighted by Gasteiger charge is -2.35. The summed E-state index contributed by atoms with van der Waals surface area (Å²) < 4.78 is 0. The second kappa shape index (κ2) is 9.20. The van der Waals surface area contributed by atoms with Gasteiger partial charge in [-0.2, -0.15) is 0 Å². The Morgan fingerprint density at radius 3 is 2.60 bits per heavy atom. The number of amides is 2. The van der Waals surface area contributed by atoms with E-state index in [2.05, 4.69) is 60.5 Å². The van der Waals surface area contributed by atoms with Crippen LogP contribution in [0.15, 0.2) is 18.2 Å². The maximum atomic E-state index is 12.2. The molecule has 0 radical (unpaired) electrons. The number of urea groups is 1. The Kier molecular flexibility index (Phi) is 7.26. The molecule has 5 nitrogen and oxygen atoms in total. The lowest BCUT2D eigenvalue weighted by atomic mass is 9.98. The molecule has 2 rings (SSSR count). The molecule has 0 saturated carbocycles. The molecule has 0 aromatic heterocycles. The fourth-order valence-corrected chi connectivity index (χ4v) is 3.56. The van der Waals surface area contributed by atoms with Crippen molar-refractivity contribution in [3.63, 3.8) is 0 Å². The number of rotatable bonds is 6. The van der Waals surface area contributed by atoms with Crippen LogP contribution in [0.4, 0.5) is 4.79 Å². The molecule has 1 aromatic carbocycles. The summed E-state index contributed by atoms with van der Waals surface area (Å²) in [5.41, 5.74) is 3.69. The Hall–Kier alpha value is -1.59. The van der Waals surface area contributed by atoms with Crippen molar-refractivity contribution in [3.05, 3.63) is 34.9 Å². The lowest BCUT2D eigenvalue weighted by molar-refractivity contribution is 0.145. The van der Waals surface area contributed by atoms with Crippen LogP contribution >= 0.6 is 0 Å². The van der Waals surface area contributed by atoms with Crippen molar-refractivity contribution in [3.8, 4) is 0 Å². The van der Waals surface area contributed by atoms with E-state index < -0.39 is 0 Å². The fraction of sp³-hybridized carbons (Fsp3) is 0.650. The van der Waals surface area contributed by atoms with Gasteiger partial charge in [0.05, 0.1) is 6.04 Å². The van der Waals surface area contributed by atoms with Crippen LogP contribution in [-0.4, -0.2) is 62.1 Å². The van der Waals surface area contributed by atoms with E-state index in [1.54, 1.807) is 0 Å². The molecule has 0 spiro atoms. The van der Waals surface area contributed by atoms with Gasteiger partial charge in [-0.1, -0.05) is 18.2 Å². The maximum Gasteiger partial charge on any atom is 0.315 e. The molecule has 1 aromatic rings. The summed E-state index contributed by atoms with van der Waals surface area (Å²) in [4.78, 5) is 16.9. The molecule has 1 fully saturated rings. The van der Waals surface area contributed by atoms with Crippen LogP contribution in [-0.2, 0) is 0 Å². The summed E-state index contributed by atoms with van der Waals surface area (Å²) in [5.74, 6) is 0. The Labute approximate surface area is 152 Å². The summed E-state index contributed by atoms with van der Waals surface area (Å²) in [7, 11) is 4.31. The van der Waals surface area contributed by atoms with Crippen LogP contribution in [0.5, 0.6) is 0 Å². The minimum Gasteiger partial charge on any atom is -0.337 e. The third-order valence-corrected chi connectivity index (χ3v) is 5.46. The van der Waals surface area contributed by atoms with Gasteiger partial charge in [-0.3, -0.25) is 0 Å². The van der Waals surface area contributed by atoms with E-state index in [1.165, 1.54) is 29.5 Å². The van der Waals surface area contributed by atoms with Crippen LogP contribution in [0.1, 0.15) is 42.5 Å². The number of nitrogens with zero attached hydrogens (tertiary/aromatic N) is 2. The third-order valence-electron chi connectivity index (χ3n) is 5.46. The highest BCUT2D eigenvalue weighted by Crippen LogP contribution is 2.19. The van der Waals surface area contributed by atoms with Crippen molar-refractivity contribution < 1.29 is 4.79 Å². The molecular weight excluding hydrogens is 312 g/mol. The van der Waals surface area contributed by atoms with E-state index >= 15 is 0 Å². The third kappa shape index (κ3) is 5.72. The van der Waals surface area contributed by atoms with Crippen LogP contribution in [0.3, 0.4) is 0 Å². The molecule has 1 aliphatic rings. The first kappa shape index (κ1) is 19.7. The maximum absolute atomic E-state index is 12.2. The molecule has 0 aliphatic carbocycles. The molecule has 2 N–H and O–H groups in total. The molecule has 5 heteroatoms. The smallest absolute Gasteiger partial charge is 0.315 e. The summed E-state index contributed by atoms with van der Waals surface area (Å²) >= 11 is 0. The average molecular weight is 347 g/mol. The normalized spacial score (nSPS) is 17.5. The van der Waals surface area contributed by atoms with Crippen LogP contribution < -0.4 is 10.6 Å². The highest BCUT2D eigenvalue weighted by molar-refractivity contribution is 5.74. The number of hydrogen-bond donors (Lipinski definition) is 2. The van der Waals surface area contributed by atoms with Gasteiger partial charge in [-0.05, 0) is 77.5 Å². The van der Waals surface area contributed by atoms with Crippen LogP contribution in [0.25, 0.3) is 0 Å². The van der Waals surface area contributed by atoms with Crippen LogP contribution in [0.2, 0.25) is 0 Å². The highest BCUT2D eigenvalue weighted by Gasteiger charge is 2.20. The van der Waals surface area contributed by atoms with Crippen molar-refractivity contribution in [2.24, 2.45) is 0 Å². The van der Waals surface area contributed by atoms with Crippen LogP contribution in [0, 0.1) is 13.8 Å². The van der Waals surface area contributed by atoms with Crippen molar-refractivity contribution in [1.82, 2.24) is 20.4 Å². The number of hydrogen-bond acceptors (Lipinski definition) is 3. The number of benzene rings is 1. The summed E-state index contributed by atoms with van der Waals surface area (Å²) in [6.45, 7) is 10.1. The van der Waals surface area contributed by atoms with E-state index in [0.717, 1.165) is 19.6 Å². The van der Waals surface area contributed by atoms with Gasteiger partial charge in [0.2, 0.25) is 0 Å². The standard InChI is InChI=1S/C20H34N4O/c1-15-7-6-8-19(16(15)2)17(3)22-20(25)21-11-14-24-12-9-18(10-13-24)23(4)5/h6-8,17-18H,9-14H2,1-5H3,(H2,21,22,25)/t17-/m1/s1. The Bertz CT molecular complexity index is 565. The predicted octanol–water partition coefficient (Wildman–Crippen LogP) is 2.69. The van der Waals surface area contributed by atoms with Crippen molar-refractivity contribution in [1.29, 1.82) is 0 Å². The minimum absolute atomic E-state index is 0.00994. The number of piperidine rings is 1. The first-order valence-corrected chi connectivity index (χ1v) is 9.37. The molecule has 1 atom stereocenters. The van der Waals surface area contributed by atoms with E-state index in [0.29, 0.717) is 12.6 Å². The van der Waals surface area contributed by atoms with Gasteiger partial charge < -0.3 is 20.4 Å². The topological polar surface area (TPSA) is 47.6 Å². The molecular formula is C20H34N4O. The van der Waals surface area contributed by atoms with Gasteiger partial charge >= 0.3 is 6.03 Å². The van der Waals surface area contributed by atoms with Gasteiger partial charge in [0.15, 0.2) is 0 Å². The second-order valence-electron chi connectivity index (χ2n) is 7.45. The van der Waals surface area contributed by atoms with Crippen molar-refractivity contribution in [2.75, 3.05) is 40.3 Å². The number of nitrogens with one attached hydrogen (secondary N) is 2. The van der Waals surface area contributed by atoms with Gasteiger partial charge in [0.25, 0.3) is 0 Å². The van der Waals surface area contributed by atoms with Crippen molar-refractivity contribution >= 4 is 6.03 Å². The predicted molar refractivity (Wildman–Crippen MR) is 104 cm³/mol. The number of carbonyl (C=O) groups excluding carboxylic acids is 1.